The molecule has 2 heteroatoms. The van der Waals surface area contributed by atoms with Gasteiger partial charge in [0.15, 0.2) is 0 Å². The molecule has 17 heavy (non-hydrogen) atoms. The van der Waals surface area contributed by atoms with Gasteiger partial charge in [-0.2, -0.15) is 0 Å². The first-order chi connectivity index (χ1) is 8.16. The fourth-order valence-electron chi connectivity index (χ4n) is 2.31. The number of ketones is 1. The van der Waals surface area contributed by atoms with Crippen molar-refractivity contribution in [3.63, 3.8) is 0 Å². The summed E-state index contributed by atoms with van der Waals surface area (Å²) in [5.41, 5.74) is 2.08. The number of carbonyl (C=O) groups is 1. The van der Waals surface area contributed by atoms with Gasteiger partial charge in [0.25, 0.3) is 0 Å². The van der Waals surface area contributed by atoms with Crippen molar-refractivity contribution in [3.05, 3.63) is 30.3 Å². The maximum Gasteiger partial charge on any atom is 0.136 e. The van der Waals surface area contributed by atoms with Gasteiger partial charge in [-0.05, 0) is 31.9 Å². The van der Waals surface area contributed by atoms with Crippen LogP contribution in [0.15, 0.2) is 35.3 Å². The number of aliphatic imine (C=N–C) groups is 1. The van der Waals surface area contributed by atoms with Gasteiger partial charge in [-0.1, -0.05) is 25.1 Å². The lowest BCUT2D eigenvalue weighted by molar-refractivity contribution is -0.124. The van der Waals surface area contributed by atoms with Crippen molar-refractivity contribution >= 4 is 17.2 Å². The highest BCUT2D eigenvalue weighted by Gasteiger charge is 2.26. The SMILES string of the molecule is CC(=Nc1ccccc1)C1CCC(C)C(=O)C1. The third-order valence-electron chi connectivity index (χ3n) is 3.60. The highest BCUT2D eigenvalue weighted by molar-refractivity contribution is 5.92. The van der Waals surface area contributed by atoms with Crippen LogP contribution in [0.1, 0.15) is 33.1 Å². The minimum absolute atomic E-state index is 0.246. The van der Waals surface area contributed by atoms with Crippen LogP contribution in [-0.4, -0.2) is 11.5 Å². The van der Waals surface area contributed by atoms with Crippen molar-refractivity contribution in [2.24, 2.45) is 16.8 Å². The first-order valence-electron chi connectivity index (χ1n) is 6.30. The smallest absolute Gasteiger partial charge is 0.136 e. The number of carbonyl (C=O) groups excluding carboxylic acids is 1. The average Bonchev–Trinajstić information content (AvgIpc) is 2.34. The lowest BCUT2D eigenvalue weighted by atomic mass is 9.80. The largest absolute Gasteiger partial charge is 0.299 e. The van der Waals surface area contributed by atoms with Gasteiger partial charge in [0, 0.05) is 24.0 Å². The lowest BCUT2D eigenvalue weighted by Gasteiger charge is -2.25. The van der Waals surface area contributed by atoms with Gasteiger partial charge >= 0.3 is 0 Å². The Bertz CT molecular complexity index is 422. The van der Waals surface area contributed by atoms with Gasteiger partial charge in [-0.25, -0.2) is 0 Å². The summed E-state index contributed by atoms with van der Waals surface area (Å²) in [6.07, 6.45) is 2.77. The van der Waals surface area contributed by atoms with Crippen LogP contribution in [-0.2, 0) is 4.79 Å². The topological polar surface area (TPSA) is 29.4 Å². The Labute approximate surface area is 103 Å². The van der Waals surface area contributed by atoms with Crippen LogP contribution in [0, 0.1) is 11.8 Å². The van der Waals surface area contributed by atoms with Crippen LogP contribution in [0.3, 0.4) is 0 Å². The third kappa shape index (κ3) is 3.02. The van der Waals surface area contributed by atoms with E-state index in [0.717, 1.165) is 24.2 Å². The summed E-state index contributed by atoms with van der Waals surface area (Å²) in [6, 6.07) is 9.95. The van der Waals surface area contributed by atoms with E-state index in [1.54, 1.807) is 0 Å². The molecule has 1 aromatic carbocycles. The fraction of sp³-hybridized carbons (Fsp3) is 0.467. The second-order valence-corrected chi connectivity index (χ2v) is 4.93. The molecule has 0 spiro atoms. The van der Waals surface area contributed by atoms with E-state index in [1.807, 2.05) is 44.2 Å². The highest BCUT2D eigenvalue weighted by Crippen LogP contribution is 2.27. The standard InChI is InChI=1S/C15H19NO/c1-11-8-9-13(10-15(11)17)12(2)16-14-6-4-3-5-7-14/h3-7,11,13H,8-10H2,1-2H3. The van der Waals surface area contributed by atoms with Crippen molar-refractivity contribution in [2.75, 3.05) is 0 Å². The molecule has 90 valence electrons. The number of rotatable bonds is 2. The van der Waals surface area contributed by atoms with Gasteiger partial charge in [0.05, 0.1) is 5.69 Å². The second-order valence-electron chi connectivity index (χ2n) is 4.93. The molecular weight excluding hydrogens is 210 g/mol. The summed E-state index contributed by atoms with van der Waals surface area (Å²) < 4.78 is 0. The molecule has 0 bridgehead atoms. The first kappa shape index (κ1) is 12.0. The van der Waals surface area contributed by atoms with Gasteiger partial charge in [-0.15, -0.1) is 0 Å². The summed E-state index contributed by atoms with van der Waals surface area (Å²) in [5, 5.41) is 0. The summed E-state index contributed by atoms with van der Waals surface area (Å²) in [4.78, 5) is 16.3. The average molecular weight is 229 g/mol. The number of hydrogen-bond acceptors (Lipinski definition) is 2. The van der Waals surface area contributed by atoms with Crippen molar-refractivity contribution in [1.82, 2.24) is 0 Å². The van der Waals surface area contributed by atoms with Crippen LogP contribution in [0.4, 0.5) is 5.69 Å². The molecule has 1 fully saturated rings. The molecule has 2 atom stereocenters. The van der Waals surface area contributed by atoms with Crippen molar-refractivity contribution in [1.29, 1.82) is 0 Å². The number of benzene rings is 1. The Balaban J connectivity index is 2.08. The predicted octanol–water partition coefficient (Wildman–Crippen LogP) is 3.78. The van der Waals surface area contributed by atoms with E-state index in [0.29, 0.717) is 18.1 Å². The van der Waals surface area contributed by atoms with E-state index < -0.39 is 0 Å². The molecule has 0 aliphatic heterocycles. The molecule has 1 aliphatic rings. The molecular formula is C15H19NO. The Kier molecular flexibility index (Phi) is 3.72. The van der Waals surface area contributed by atoms with E-state index >= 15 is 0 Å². The molecule has 1 saturated carbocycles. The van der Waals surface area contributed by atoms with Gasteiger partial charge in [0.1, 0.15) is 5.78 Å². The van der Waals surface area contributed by atoms with E-state index in [2.05, 4.69) is 4.99 Å². The minimum atomic E-state index is 0.246. The van der Waals surface area contributed by atoms with E-state index in [4.69, 9.17) is 0 Å². The number of hydrogen-bond donors (Lipinski definition) is 0. The molecule has 2 nitrogen and oxygen atoms in total. The maximum atomic E-state index is 11.7. The zero-order valence-corrected chi connectivity index (χ0v) is 10.5. The molecule has 0 aromatic heterocycles. The lowest BCUT2D eigenvalue weighted by Crippen LogP contribution is -2.26. The van der Waals surface area contributed by atoms with Gasteiger partial charge in [-0.3, -0.25) is 9.79 Å². The molecule has 1 aliphatic carbocycles. The van der Waals surface area contributed by atoms with Crippen LogP contribution in [0.25, 0.3) is 0 Å². The Morgan fingerprint density at radius 1 is 1.24 bits per heavy atom. The van der Waals surface area contributed by atoms with E-state index in [9.17, 15) is 4.79 Å². The molecule has 0 N–H and O–H groups in total. The summed E-state index contributed by atoms with van der Waals surface area (Å²) in [7, 11) is 0. The number of Topliss-reactive ketones (excluding diaryl/α,β-unsaturated/α-hetero) is 1. The highest BCUT2D eigenvalue weighted by atomic mass is 16.1. The summed E-state index contributed by atoms with van der Waals surface area (Å²) in [6.45, 7) is 4.07. The van der Waals surface area contributed by atoms with Crippen molar-refractivity contribution in [3.8, 4) is 0 Å². The van der Waals surface area contributed by atoms with Crippen LogP contribution < -0.4 is 0 Å². The molecule has 1 aromatic rings. The molecule has 0 radical (unpaired) electrons. The normalized spacial score (nSPS) is 26.0. The van der Waals surface area contributed by atoms with E-state index in [-0.39, 0.29) is 5.92 Å². The minimum Gasteiger partial charge on any atom is -0.299 e. The van der Waals surface area contributed by atoms with Crippen LogP contribution in [0.2, 0.25) is 0 Å². The Morgan fingerprint density at radius 2 is 1.94 bits per heavy atom. The molecule has 0 amide bonds. The van der Waals surface area contributed by atoms with Crippen molar-refractivity contribution < 1.29 is 4.79 Å². The summed E-state index contributed by atoms with van der Waals surface area (Å²) in [5.74, 6) is 0.985. The van der Waals surface area contributed by atoms with Crippen LogP contribution in [0.5, 0.6) is 0 Å². The zero-order chi connectivity index (χ0) is 12.3. The Hall–Kier alpha value is -1.44. The zero-order valence-electron chi connectivity index (χ0n) is 10.5. The quantitative estimate of drug-likeness (QED) is 0.709. The van der Waals surface area contributed by atoms with Gasteiger partial charge < -0.3 is 0 Å². The molecule has 2 rings (SSSR count). The Morgan fingerprint density at radius 3 is 2.59 bits per heavy atom. The fourth-order valence-corrected chi connectivity index (χ4v) is 2.31. The second kappa shape index (κ2) is 5.26. The van der Waals surface area contributed by atoms with E-state index in [1.165, 1.54) is 0 Å². The molecule has 0 heterocycles. The molecule has 2 unspecified atom stereocenters. The van der Waals surface area contributed by atoms with Crippen LogP contribution >= 0.6 is 0 Å². The number of nitrogens with zero attached hydrogens (tertiary/aromatic N) is 1. The predicted molar refractivity (Wildman–Crippen MR) is 70.7 cm³/mol. The van der Waals surface area contributed by atoms with Crippen molar-refractivity contribution in [2.45, 2.75) is 33.1 Å². The molecule has 0 saturated heterocycles. The first-order valence-corrected chi connectivity index (χ1v) is 6.30. The number of para-hydroxylation sites is 1. The van der Waals surface area contributed by atoms with Gasteiger partial charge in [0.2, 0.25) is 0 Å². The summed E-state index contributed by atoms with van der Waals surface area (Å²) >= 11 is 0. The monoisotopic (exact) mass is 229 g/mol. The maximum absolute atomic E-state index is 11.7. The third-order valence-corrected chi connectivity index (χ3v) is 3.60.